The number of hydrogen-bond donors (Lipinski definition) is 1. The van der Waals surface area contributed by atoms with Crippen LogP contribution in [0.1, 0.15) is 0 Å². The van der Waals surface area contributed by atoms with Gasteiger partial charge in [-0.3, -0.25) is 0 Å². The second kappa shape index (κ2) is 9.49. The molecule has 5 rings (SSSR count). The highest BCUT2D eigenvalue weighted by Crippen LogP contribution is 2.34. The van der Waals surface area contributed by atoms with Crippen molar-refractivity contribution in [1.29, 1.82) is 0 Å². The van der Waals surface area contributed by atoms with Crippen LogP contribution in [0.2, 0.25) is 0 Å². The molecule has 0 bridgehead atoms. The minimum Gasteiger partial charge on any atom is -0.493 e. The minimum absolute atomic E-state index is 0.415. The van der Waals surface area contributed by atoms with Gasteiger partial charge in [0.05, 0.1) is 19.7 Å². The number of rotatable bonds is 6. The van der Waals surface area contributed by atoms with E-state index in [1.54, 1.807) is 20.4 Å². The van der Waals surface area contributed by atoms with E-state index >= 15 is 0 Å². The Morgan fingerprint density at radius 2 is 1.54 bits per heavy atom. The van der Waals surface area contributed by atoms with Crippen LogP contribution >= 0.6 is 0 Å². The molecule has 35 heavy (non-hydrogen) atoms. The molecule has 10 nitrogen and oxygen atoms in total. The van der Waals surface area contributed by atoms with Gasteiger partial charge in [-0.1, -0.05) is 18.2 Å². The average Bonchev–Trinajstić information content (AvgIpc) is 2.92. The predicted octanol–water partition coefficient (Wildman–Crippen LogP) is 3.11. The number of piperazine rings is 1. The van der Waals surface area contributed by atoms with Crippen molar-refractivity contribution in [2.75, 3.05) is 67.9 Å². The number of nitrogen functional groups attached to an aromatic ring is 1. The number of anilines is 5. The highest BCUT2D eigenvalue weighted by molar-refractivity contribution is 5.91. The summed E-state index contributed by atoms with van der Waals surface area (Å²) >= 11 is 0. The lowest BCUT2D eigenvalue weighted by atomic mass is 10.2. The largest absolute Gasteiger partial charge is 0.493 e. The molecule has 0 saturated carbocycles. The van der Waals surface area contributed by atoms with Crippen molar-refractivity contribution in [1.82, 2.24) is 19.9 Å². The van der Waals surface area contributed by atoms with Gasteiger partial charge in [0.2, 0.25) is 11.9 Å². The lowest BCUT2D eigenvalue weighted by Gasteiger charge is -2.35. The van der Waals surface area contributed by atoms with Gasteiger partial charge in [-0.05, 0) is 24.3 Å². The smallest absolute Gasteiger partial charge is 0.231 e. The van der Waals surface area contributed by atoms with E-state index in [-0.39, 0.29) is 0 Å². The molecular formula is C25H28N8O2. The maximum absolute atomic E-state index is 6.28. The van der Waals surface area contributed by atoms with Crippen LogP contribution in [-0.2, 0) is 0 Å². The molecule has 1 fully saturated rings. The van der Waals surface area contributed by atoms with Gasteiger partial charge in [0.1, 0.15) is 11.6 Å². The average molecular weight is 473 g/mol. The number of nitrogens with two attached hydrogens (primary N) is 1. The molecule has 3 heterocycles. The summed E-state index contributed by atoms with van der Waals surface area (Å²) in [6.45, 7) is 3.04. The van der Waals surface area contributed by atoms with Crippen molar-refractivity contribution in [3.63, 3.8) is 0 Å². The van der Waals surface area contributed by atoms with Gasteiger partial charge in [-0.25, -0.2) is 9.97 Å². The third kappa shape index (κ3) is 4.42. The molecule has 2 N–H and O–H groups in total. The second-order valence-corrected chi connectivity index (χ2v) is 8.22. The van der Waals surface area contributed by atoms with Crippen LogP contribution in [0.25, 0.3) is 10.9 Å². The molecule has 0 radical (unpaired) electrons. The zero-order chi connectivity index (χ0) is 24.4. The van der Waals surface area contributed by atoms with Crippen LogP contribution in [0.15, 0.2) is 54.7 Å². The van der Waals surface area contributed by atoms with Crippen molar-refractivity contribution in [2.24, 2.45) is 0 Å². The fourth-order valence-electron chi connectivity index (χ4n) is 4.19. The van der Waals surface area contributed by atoms with E-state index in [1.165, 1.54) is 0 Å². The first-order chi connectivity index (χ1) is 17.1. The molecule has 1 saturated heterocycles. The first kappa shape index (κ1) is 22.5. The Morgan fingerprint density at radius 3 is 2.26 bits per heavy atom. The summed E-state index contributed by atoms with van der Waals surface area (Å²) in [4.78, 5) is 25.0. The summed E-state index contributed by atoms with van der Waals surface area (Å²) in [7, 11) is 5.16. The molecule has 1 aliphatic rings. The van der Waals surface area contributed by atoms with Gasteiger partial charge in [-0.15, -0.1) is 0 Å². The molecule has 0 atom stereocenters. The van der Waals surface area contributed by atoms with Gasteiger partial charge < -0.3 is 29.9 Å². The lowest BCUT2D eigenvalue weighted by Crippen LogP contribution is -2.47. The predicted molar refractivity (Wildman–Crippen MR) is 138 cm³/mol. The van der Waals surface area contributed by atoms with Crippen molar-refractivity contribution < 1.29 is 9.47 Å². The molecule has 2 aromatic heterocycles. The number of para-hydroxylation sites is 1. The zero-order valence-corrected chi connectivity index (χ0v) is 20.0. The van der Waals surface area contributed by atoms with Crippen LogP contribution in [0.5, 0.6) is 11.5 Å². The summed E-state index contributed by atoms with van der Waals surface area (Å²) < 4.78 is 10.8. The van der Waals surface area contributed by atoms with Crippen LogP contribution in [0.4, 0.5) is 29.2 Å². The van der Waals surface area contributed by atoms with Crippen LogP contribution in [0, 0.1) is 0 Å². The van der Waals surface area contributed by atoms with Crippen molar-refractivity contribution in [3.05, 3.63) is 54.7 Å². The minimum atomic E-state index is 0.415. The highest BCUT2D eigenvalue weighted by atomic mass is 16.5. The number of hydrogen-bond acceptors (Lipinski definition) is 10. The Balaban J connectivity index is 1.33. The quantitative estimate of drug-likeness (QED) is 0.450. The van der Waals surface area contributed by atoms with E-state index in [9.17, 15) is 0 Å². The summed E-state index contributed by atoms with van der Waals surface area (Å²) in [5.74, 6) is 3.78. The van der Waals surface area contributed by atoms with Gasteiger partial charge in [0.25, 0.3) is 0 Å². The van der Waals surface area contributed by atoms with E-state index in [2.05, 4.69) is 19.8 Å². The molecular weight excluding hydrogens is 444 g/mol. The Kier molecular flexibility index (Phi) is 6.09. The van der Waals surface area contributed by atoms with E-state index in [4.69, 9.17) is 25.2 Å². The number of ether oxygens (including phenoxy) is 2. The Labute approximate surface area is 204 Å². The molecule has 0 aliphatic carbocycles. The van der Waals surface area contributed by atoms with E-state index in [0.717, 1.165) is 48.6 Å². The molecule has 10 heteroatoms. The zero-order valence-electron chi connectivity index (χ0n) is 20.0. The third-order valence-corrected chi connectivity index (χ3v) is 6.18. The van der Waals surface area contributed by atoms with Crippen molar-refractivity contribution >= 4 is 40.1 Å². The van der Waals surface area contributed by atoms with Crippen LogP contribution in [0.3, 0.4) is 0 Å². The molecule has 180 valence electrons. The van der Waals surface area contributed by atoms with Gasteiger partial charge in [0, 0.05) is 56.6 Å². The summed E-state index contributed by atoms with van der Waals surface area (Å²) in [6.07, 6.45) is 1.80. The maximum Gasteiger partial charge on any atom is 0.231 e. The molecule has 0 spiro atoms. The molecule has 0 unspecified atom stereocenters. The molecule has 1 aliphatic heterocycles. The van der Waals surface area contributed by atoms with E-state index < -0.39 is 0 Å². The Bertz CT molecular complexity index is 1330. The monoisotopic (exact) mass is 472 g/mol. The normalized spacial score (nSPS) is 13.7. The van der Waals surface area contributed by atoms with Crippen molar-refractivity contribution in [3.8, 4) is 11.5 Å². The number of benzene rings is 2. The van der Waals surface area contributed by atoms with E-state index in [0.29, 0.717) is 29.2 Å². The second-order valence-electron chi connectivity index (χ2n) is 8.22. The molecule has 4 aromatic rings. The Hall–Kier alpha value is -4.34. The summed E-state index contributed by atoms with van der Waals surface area (Å²) in [5, 5.41) is 0.737. The Morgan fingerprint density at radius 1 is 0.857 bits per heavy atom. The first-order valence-electron chi connectivity index (χ1n) is 11.4. The maximum atomic E-state index is 6.28. The number of fused-ring (bicyclic) bond motifs is 1. The van der Waals surface area contributed by atoms with Crippen molar-refractivity contribution in [2.45, 2.75) is 0 Å². The third-order valence-electron chi connectivity index (χ3n) is 6.18. The fraction of sp³-hybridized carbons (Fsp3) is 0.280. The van der Waals surface area contributed by atoms with Crippen LogP contribution in [-0.4, -0.2) is 67.4 Å². The van der Waals surface area contributed by atoms with Gasteiger partial charge in [0.15, 0.2) is 11.5 Å². The molecule has 2 aromatic carbocycles. The lowest BCUT2D eigenvalue weighted by molar-refractivity contribution is 0.356. The standard InChI is InChI=1S/C25H28N8O2/c1-31(17-7-5-4-6-8-17)24-27-10-9-22(29-24)32-11-13-33(14-12-32)25-28-19-16-21(35-3)20(34-2)15-18(19)23(26)30-25/h4-10,15-16H,11-14H2,1-3H3,(H2,26,28,30). The topological polar surface area (TPSA) is 106 Å². The highest BCUT2D eigenvalue weighted by Gasteiger charge is 2.22. The van der Waals surface area contributed by atoms with E-state index in [1.807, 2.05) is 60.5 Å². The van der Waals surface area contributed by atoms with Gasteiger partial charge >= 0.3 is 0 Å². The molecule has 0 amide bonds. The van der Waals surface area contributed by atoms with Crippen LogP contribution < -0.4 is 29.9 Å². The number of nitrogens with zero attached hydrogens (tertiary/aromatic N) is 7. The first-order valence-corrected chi connectivity index (χ1v) is 11.4. The number of aromatic nitrogens is 4. The number of methoxy groups -OCH3 is 2. The summed E-state index contributed by atoms with van der Waals surface area (Å²) in [5.41, 5.74) is 8.04. The van der Waals surface area contributed by atoms with Gasteiger partial charge in [-0.2, -0.15) is 9.97 Å². The SMILES string of the molecule is COc1cc2nc(N3CCN(c4ccnc(N(C)c5ccccc5)n4)CC3)nc(N)c2cc1OC. The summed E-state index contributed by atoms with van der Waals surface area (Å²) in [6, 6.07) is 15.7. The fourth-order valence-corrected chi connectivity index (χ4v) is 4.19.